The third-order valence-electron chi connectivity index (χ3n) is 5.35. The van der Waals surface area contributed by atoms with Crippen molar-refractivity contribution in [1.82, 2.24) is 25.1 Å². The van der Waals surface area contributed by atoms with E-state index in [1.54, 1.807) is 6.92 Å². The molecule has 0 radical (unpaired) electrons. The van der Waals surface area contributed by atoms with Gasteiger partial charge < -0.3 is 15.2 Å². The highest BCUT2D eigenvalue weighted by molar-refractivity contribution is 7.79. The molecule has 10 nitrogen and oxygen atoms in total. The van der Waals surface area contributed by atoms with Crippen LogP contribution < -0.4 is 10.6 Å². The number of anilines is 1. The van der Waals surface area contributed by atoms with E-state index in [4.69, 9.17) is 0 Å². The number of carbonyl (C=O) groups is 2. The zero-order valence-corrected chi connectivity index (χ0v) is 19.7. The van der Waals surface area contributed by atoms with Crippen molar-refractivity contribution in [2.24, 2.45) is 5.92 Å². The van der Waals surface area contributed by atoms with Gasteiger partial charge in [-0.05, 0) is 55.2 Å². The van der Waals surface area contributed by atoms with Crippen LogP contribution in [0.1, 0.15) is 47.3 Å². The molecule has 1 unspecified atom stereocenters. The molecule has 1 fully saturated rings. The molecule has 0 spiro atoms. The number of halogens is 3. The van der Waals surface area contributed by atoms with Gasteiger partial charge in [0.05, 0.1) is 23.3 Å². The van der Waals surface area contributed by atoms with Crippen LogP contribution >= 0.6 is 0 Å². The number of benzene rings is 1. The molecule has 1 aliphatic carbocycles. The number of aromatic nitrogens is 4. The van der Waals surface area contributed by atoms with Gasteiger partial charge in [0.15, 0.2) is 22.7 Å². The largest absolute Gasteiger partial charge is 0.453 e. The van der Waals surface area contributed by atoms with Gasteiger partial charge in [-0.25, -0.2) is 14.2 Å². The molecule has 3 N–H and O–H groups in total. The van der Waals surface area contributed by atoms with Crippen LogP contribution in [0.3, 0.4) is 0 Å². The van der Waals surface area contributed by atoms with Gasteiger partial charge in [0.2, 0.25) is 5.91 Å². The molecule has 4 rings (SSSR count). The zero-order valence-electron chi connectivity index (χ0n) is 18.9. The predicted octanol–water partition coefficient (Wildman–Crippen LogP) is 3.10. The van der Waals surface area contributed by atoms with Crippen molar-refractivity contribution < 1.29 is 31.5 Å². The Bertz CT molecular complexity index is 1320. The van der Waals surface area contributed by atoms with Gasteiger partial charge in [-0.2, -0.15) is 17.9 Å². The van der Waals surface area contributed by atoms with Gasteiger partial charge in [-0.15, -0.1) is 5.10 Å². The third-order valence-corrected chi connectivity index (χ3v) is 5.99. The highest BCUT2D eigenvalue weighted by atomic mass is 32.2. The molecular weight excluding hydrogens is 501 g/mol. The van der Waals surface area contributed by atoms with Gasteiger partial charge in [-0.3, -0.25) is 9.59 Å². The number of hydrogen-bond donors (Lipinski definition) is 3. The molecule has 1 atom stereocenters. The van der Waals surface area contributed by atoms with E-state index in [1.807, 2.05) is 0 Å². The Morgan fingerprint density at radius 3 is 2.56 bits per heavy atom. The van der Waals surface area contributed by atoms with Gasteiger partial charge >= 0.3 is 6.18 Å². The second-order valence-electron chi connectivity index (χ2n) is 8.08. The standard InChI is InChI=1S/C22H21F3N6O4S/c1-2-12-7-14(9-16(8-12)36(34)35)19(32)27-11-18-29-21(22(23,24)25)30-31(18)17-6-5-15(10-26-17)28-20(33)13-3-4-13/h5-10,13H,2-4,11H2,1H3,(H,27,32)(H,28,33)(H,34,35). The van der Waals surface area contributed by atoms with Gasteiger partial charge in [-0.1, -0.05) is 6.92 Å². The van der Waals surface area contributed by atoms with Crippen LogP contribution in [-0.2, 0) is 35.0 Å². The van der Waals surface area contributed by atoms with E-state index in [1.165, 1.54) is 36.5 Å². The molecule has 36 heavy (non-hydrogen) atoms. The summed E-state index contributed by atoms with van der Waals surface area (Å²) in [4.78, 5) is 32.2. The van der Waals surface area contributed by atoms with Crippen LogP contribution in [0.2, 0.25) is 0 Å². The number of alkyl halides is 3. The number of pyridine rings is 1. The molecule has 0 aliphatic heterocycles. The molecule has 0 saturated heterocycles. The van der Waals surface area contributed by atoms with Crippen LogP contribution in [0.4, 0.5) is 18.9 Å². The molecule has 3 aromatic rings. The molecule has 1 aliphatic rings. The summed E-state index contributed by atoms with van der Waals surface area (Å²) in [5.74, 6) is -2.51. The molecule has 2 aromatic heterocycles. The van der Waals surface area contributed by atoms with Crippen molar-refractivity contribution in [2.75, 3.05) is 5.32 Å². The normalized spacial score (nSPS) is 14.4. The van der Waals surface area contributed by atoms with Crippen molar-refractivity contribution in [2.45, 2.75) is 43.8 Å². The fraction of sp³-hybridized carbons (Fsp3) is 0.318. The summed E-state index contributed by atoms with van der Waals surface area (Å²) < 4.78 is 61.6. The highest BCUT2D eigenvalue weighted by Crippen LogP contribution is 2.30. The van der Waals surface area contributed by atoms with Crippen LogP contribution in [-0.4, -0.2) is 40.3 Å². The summed E-state index contributed by atoms with van der Waals surface area (Å²) in [7, 11) is 0. The minimum absolute atomic E-state index is 0.00221. The minimum atomic E-state index is -4.84. The maximum absolute atomic E-state index is 13.3. The Morgan fingerprint density at radius 1 is 1.22 bits per heavy atom. The summed E-state index contributed by atoms with van der Waals surface area (Å²) in [5.41, 5.74) is 1.10. The van der Waals surface area contributed by atoms with Gasteiger partial charge in [0.1, 0.15) is 0 Å². The number of rotatable bonds is 8. The first-order chi connectivity index (χ1) is 17.0. The van der Waals surface area contributed by atoms with Crippen LogP contribution in [0.15, 0.2) is 41.4 Å². The number of carbonyl (C=O) groups excluding carboxylic acids is 2. The van der Waals surface area contributed by atoms with E-state index < -0.39 is 35.5 Å². The average Bonchev–Trinajstić information content (AvgIpc) is 3.61. The molecular formula is C22H21F3N6O4S. The lowest BCUT2D eigenvalue weighted by Crippen LogP contribution is -2.25. The maximum Gasteiger partial charge on any atom is 0.453 e. The summed E-state index contributed by atoms with van der Waals surface area (Å²) >= 11 is -2.31. The number of amides is 2. The fourth-order valence-electron chi connectivity index (χ4n) is 3.30. The second kappa shape index (κ2) is 10.1. The Hall–Kier alpha value is -3.65. The predicted molar refractivity (Wildman–Crippen MR) is 122 cm³/mol. The number of aryl methyl sites for hydroxylation is 1. The molecule has 2 amide bonds. The van der Waals surface area contributed by atoms with Crippen molar-refractivity contribution in [3.63, 3.8) is 0 Å². The Morgan fingerprint density at radius 2 is 1.97 bits per heavy atom. The second-order valence-corrected chi connectivity index (χ2v) is 9.05. The Kier molecular flexibility index (Phi) is 7.17. The monoisotopic (exact) mass is 522 g/mol. The maximum atomic E-state index is 13.3. The van der Waals surface area contributed by atoms with Crippen LogP contribution in [0.5, 0.6) is 0 Å². The fourth-order valence-corrected chi connectivity index (χ4v) is 3.78. The lowest BCUT2D eigenvalue weighted by molar-refractivity contribution is -0.144. The van der Waals surface area contributed by atoms with Crippen molar-refractivity contribution >= 4 is 28.6 Å². The first-order valence-electron chi connectivity index (χ1n) is 10.9. The molecule has 1 aromatic carbocycles. The van der Waals surface area contributed by atoms with Crippen molar-refractivity contribution in [1.29, 1.82) is 0 Å². The van der Waals surface area contributed by atoms with Crippen molar-refractivity contribution in [3.8, 4) is 5.82 Å². The van der Waals surface area contributed by atoms with E-state index >= 15 is 0 Å². The van der Waals surface area contributed by atoms with Crippen LogP contribution in [0.25, 0.3) is 5.82 Å². The summed E-state index contributed by atoms with van der Waals surface area (Å²) in [6.45, 7) is 1.37. The SMILES string of the molecule is CCc1cc(C(=O)NCc2nc(C(F)(F)F)nn2-c2ccc(NC(=O)C3CC3)cn2)cc(S(=O)O)c1. The smallest absolute Gasteiger partial charge is 0.345 e. The van der Waals surface area contributed by atoms with E-state index in [0.717, 1.165) is 17.5 Å². The number of hydrogen-bond acceptors (Lipinski definition) is 6. The van der Waals surface area contributed by atoms with E-state index in [9.17, 15) is 31.5 Å². The first-order valence-corrected chi connectivity index (χ1v) is 12.0. The third kappa shape index (κ3) is 5.94. The lowest BCUT2D eigenvalue weighted by atomic mass is 10.1. The summed E-state index contributed by atoms with van der Waals surface area (Å²) in [6, 6.07) is 7.09. The topological polar surface area (TPSA) is 139 Å². The molecule has 2 heterocycles. The van der Waals surface area contributed by atoms with Crippen LogP contribution in [0, 0.1) is 5.92 Å². The molecule has 190 valence electrons. The van der Waals surface area contributed by atoms with E-state index in [-0.39, 0.29) is 33.9 Å². The highest BCUT2D eigenvalue weighted by Gasteiger charge is 2.37. The Labute approximate surface area is 205 Å². The Balaban J connectivity index is 1.56. The van der Waals surface area contributed by atoms with Gasteiger partial charge in [0.25, 0.3) is 11.7 Å². The molecule has 0 bridgehead atoms. The summed E-state index contributed by atoms with van der Waals surface area (Å²) in [6.07, 6.45) is -1.42. The summed E-state index contributed by atoms with van der Waals surface area (Å²) in [5, 5.41) is 8.65. The number of nitrogens with one attached hydrogen (secondary N) is 2. The average molecular weight is 523 g/mol. The van der Waals surface area contributed by atoms with Gasteiger partial charge in [0, 0.05) is 11.5 Å². The van der Waals surface area contributed by atoms with Crippen molar-refractivity contribution in [3.05, 3.63) is 59.3 Å². The van der Waals surface area contributed by atoms with E-state index in [2.05, 4.69) is 25.7 Å². The number of nitrogens with zero attached hydrogens (tertiary/aromatic N) is 4. The minimum Gasteiger partial charge on any atom is -0.345 e. The zero-order chi connectivity index (χ0) is 26.0. The van der Waals surface area contributed by atoms with E-state index in [0.29, 0.717) is 17.7 Å². The molecule has 14 heteroatoms. The molecule has 1 saturated carbocycles. The quantitative estimate of drug-likeness (QED) is 0.386. The first kappa shape index (κ1) is 25.4. The lowest BCUT2D eigenvalue weighted by Gasteiger charge is -2.09.